The van der Waals surface area contributed by atoms with Gasteiger partial charge in [0.25, 0.3) is 5.91 Å². The summed E-state index contributed by atoms with van der Waals surface area (Å²) in [4.78, 5) is 12.2. The van der Waals surface area contributed by atoms with E-state index in [4.69, 9.17) is 0 Å². The zero-order chi connectivity index (χ0) is 12.5. The van der Waals surface area contributed by atoms with Gasteiger partial charge in [0.2, 0.25) is 0 Å². The number of hydrogen-bond donors (Lipinski definition) is 2. The molecule has 0 spiro atoms. The first kappa shape index (κ1) is 11.8. The molecular weight excluding hydrogens is 226 g/mol. The van der Waals surface area contributed by atoms with Crippen molar-refractivity contribution in [2.75, 3.05) is 13.1 Å². The molecule has 0 aromatic carbocycles. The van der Waals surface area contributed by atoms with Crippen LogP contribution in [0.5, 0.6) is 0 Å². The van der Waals surface area contributed by atoms with E-state index in [0.717, 1.165) is 38.0 Å². The molecule has 0 bridgehead atoms. The molecule has 98 valence electrons. The summed E-state index contributed by atoms with van der Waals surface area (Å²) in [5, 5.41) is 6.47. The van der Waals surface area contributed by atoms with Gasteiger partial charge in [-0.15, -0.1) is 0 Å². The summed E-state index contributed by atoms with van der Waals surface area (Å²) in [5.41, 5.74) is 0.820. The molecule has 3 rings (SSSR count). The molecule has 2 aliphatic rings. The van der Waals surface area contributed by atoms with Crippen LogP contribution in [0, 0.1) is 5.92 Å². The first-order valence-electron chi connectivity index (χ1n) is 6.94. The molecule has 2 unspecified atom stereocenters. The molecule has 1 aromatic rings. The Morgan fingerprint density at radius 1 is 1.44 bits per heavy atom. The SMILES string of the molecule is CC1CC1NC(=O)c1cccn1C1CCNCC1. The number of hydrogen-bond acceptors (Lipinski definition) is 2. The molecule has 1 saturated carbocycles. The summed E-state index contributed by atoms with van der Waals surface area (Å²) < 4.78 is 2.16. The van der Waals surface area contributed by atoms with Crippen molar-refractivity contribution in [1.82, 2.24) is 15.2 Å². The Morgan fingerprint density at radius 2 is 2.17 bits per heavy atom. The number of nitrogens with one attached hydrogen (secondary N) is 2. The Morgan fingerprint density at radius 3 is 2.83 bits per heavy atom. The van der Waals surface area contributed by atoms with Gasteiger partial charge in [0.1, 0.15) is 5.69 Å². The minimum absolute atomic E-state index is 0.0906. The second-order valence-electron chi connectivity index (χ2n) is 5.57. The number of amides is 1. The first-order chi connectivity index (χ1) is 8.75. The molecule has 1 aromatic heterocycles. The molecule has 1 aliphatic heterocycles. The summed E-state index contributed by atoms with van der Waals surface area (Å²) >= 11 is 0. The average molecular weight is 247 g/mol. The Hall–Kier alpha value is -1.29. The van der Waals surface area contributed by atoms with Gasteiger partial charge in [0.05, 0.1) is 0 Å². The highest BCUT2D eigenvalue weighted by Crippen LogP contribution is 2.29. The summed E-state index contributed by atoms with van der Waals surface area (Å²) in [7, 11) is 0. The lowest BCUT2D eigenvalue weighted by Crippen LogP contribution is -2.33. The molecule has 2 heterocycles. The van der Waals surface area contributed by atoms with E-state index >= 15 is 0 Å². The van der Waals surface area contributed by atoms with Crippen LogP contribution in [0.15, 0.2) is 18.3 Å². The zero-order valence-electron chi connectivity index (χ0n) is 10.9. The van der Waals surface area contributed by atoms with Gasteiger partial charge < -0.3 is 15.2 Å². The van der Waals surface area contributed by atoms with Gasteiger partial charge in [0.15, 0.2) is 0 Å². The summed E-state index contributed by atoms with van der Waals surface area (Å²) in [6.07, 6.45) is 5.38. The summed E-state index contributed by atoms with van der Waals surface area (Å²) in [6, 6.07) is 4.78. The van der Waals surface area contributed by atoms with Gasteiger partial charge in [-0.2, -0.15) is 0 Å². The number of nitrogens with zero attached hydrogens (tertiary/aromatic N) is 1. The Labute approximate surface area is 108 Å². The number of rotatable bonds is 3. The first-order valence-corrected chi connectivity index (χ1v) is 6.94. The van der Waals surface area contributed by atoms with Crippen molar-refractivity contribution in [3.8, 4) is 0 Å². The lowest BCUT2D eigenvalue weighted by atomic mass is 10.1. The van der Waals surface area contributed by atoms with E-state index in [1.165, 1.54) is 0 Å². The number of carbonyl (C=O) groups excluding carboxylic acids is 1. The van der Waals surface area contributed by atoms with E-state index in [1.54, 1.807) is 0 Å². The normalized spacial score (nSPS) is 28.1. The second kappa shape index (κ2) is 4.76. The highest BCUT2D eigenvalue weighted by Gasteiger charge is 2.34. The molecule has 2 fully saturated rings. The fraction of sp³-hybridized carbons (Fsp3) is 0.643. The minimum Gasteiger partial charge on any atom is -0.348 e. The molecule has 4 nitrogen and oxygen atoms in total. The van der Waals surface area contributed by atoms with E-state index in [1.807, 2.05) is 18.3 Å². The van der Waals surface area contributed by atoms with Gasteiger partial charge in [-0.25, -0.2) is 0 Å². The van der Waals surface area contributed by atoms with Crippen molar-refractivity contribution in [3.05, 3.63) is 24.0 Å². The van der Waals surface area contributed by atoms with Crippen LogP contribution in [0.1, 0.15) is 42.7 Å². The van der Waals surface area contributed by atoms with Gasteiger partial charge in [-0.3, -0.25) is 4.79 Å². The van der Waals surface area contributed by atoms with Gasteiger partial charge in [0, 0.05) is 18.3 Å². The molecule has 1 amide bonds. The molecular formula is C14H21N3O. The third-order valence-corrected chi connectivity index (χ3v) is 4.14. The van der Waals surface area contributed by atoms with Crippen molar-refractivity contribution in [2.45, 2.75) is 38.3 Å². The lowest BCUT2D eigenvalue weighted by molar-refractivity contribution is 0.0936. The molecule has 1 aliphatic carbocycles. The highest BCUT2D eigenvalue weighted by molar-refractivity contribution is 5.93. The lowest BCUT2D eigenvalue weighted by Gasteiger charge is -2.25. The smallest absolute Gasteiger partial charge is 0.268 e. The number of aromatic nitrogens is 1. The van der Waals surface area contributed by atoms with E-state index in [9.17, 15) is 4.79 Å². The van der Waals surface area contributed by atoms with Crippen molar-refractivity contribution in [1.29, 1.82) is 0 Å². The highest BCUT2D eigenvalue weighted by atomic mass is 16.2. The fourth-order valence-electron chi connectivity index (χ4n) is 2.75. The van der Waals surface area contributed by atoms with Crippen molar-refractivity contribution < 1.29 is 4.79 Å². The van der Waals surface area contributed by atoms with Crippen molar-refractivity contribution in [2.24, 2.45) is 5.92 Å². The second-order valence-corrected chi connectivity index (χ2v) is 5.57. The van der Waals surface area contributed by atoms with Crippen LogP contribution in [-0.2, 0) is 0 Å². The number of carbonyl (C=O) groups is 1. The maximum Gasteiger partial charge on any atom is 0.268 e. The van der Waals surface area contributed by atoms with Crippen LogP contribution in [0.2, 0.25) is 0 Å². The van der Waals surface area contributed by atoms with Gasteiger partial charge >= 0.3 is 0 Å². The minimum atomic E-state index is 0.0906. The van der Waals surface area contributed by atoms with Crippen LogP contribution in [0.25, 0.3) is 0 Å². The molecule has 2 N–H and O–H groups in total. The molecule has 0 radical (unpaired) electrons. The average Bonchev–Trinajstić information content (AvgIpc) is 2.92. The van der Waals surface area contributed by atoms with E-state index in [-0.39, 0.29) is 5.91 Å². The van der Waals surface area contributed by atoms with Gasteiger partial charge in [-0.05, 0) is 50.4 Å². The Bertz CT molecular complexity index is 434. The Balaban J connectivity index is 1.71. The third-order valence-electron chi connectivity index (χ3n) is 4.14. The Kier molecular flexibility index (Phi) is 3.12. The fourth-order valence-corrected chi connectivity index (χ4v) is 2.75. The molecule has 1 saturated heterocycles. The third kappa shape index (κ3) is 2.29. The maximum absolute atomic E-state index is 12.2. The largest absolute Gasteiger partial charge is 0.348 e. The van der Waals surface area contributed by atoms with E-state index < -0.39 is 0 Å². The van der Waals surface area contributed by atoms with Gasteiger partial charge in [-0.1, -0.05) is 6.92 Å². The monoisotopic (exact) mass is 247 g/mol. The van der Waals surface area contributed by atoms with Crippen molar-refractivity contribution in [3.63, 3.8) is 0 Å². The van der Waals surface area contributed by atoms with Crippen molar-refractivity contribution >= 4 is 5.91 Å². The van der Waals surface area contributed by atoms with Crippen LogP contribution in [-0.4, -0.2) is 29.6 Å². The van der Waals surface area contributed by atoms with Crippen LogP contribution >= 0.6 is 0 Å². The zero-order valence-corrected chi connectivity index (χ0v) is 10.9. The standard InChI is InChI=1S/C14H21N3O/c1-10-9-12(10)16-14(18)13-3-2-8-17(13)11-4-6-15-7-5-11/h2-3,8,10-12,15H,4-7,9H2,1H3,(H,16,18). The van der Waals surface area contributed by atoms with E-state index in [2.05, 4.69) is 22.1 Å². The molecule has 4 heteroatoms. The molecule has 18 heavy (non-hydrogen) atoms. The predicted octanol–water partition coefficient (Wildman–Crippen LogP) is 1.55. The van der Waals surface area contributed by atoms with Crippen LogP contribution < -0.4 is 10.6 Å². The summed E-state index contributed by atoms with van der Waals surface area (Å²) in [6.45, 7) is 4.27. The summed E-state index contributed by atoms with van der Waals surface area (Å²) in [5.74, 6) is 0.740. The van der Waals surface area contributed by atoms with Crippen LogP contribution in [0.3, 0.4) is 0 Å². The topological polar surface area (TPSA) is 46.1 Å². The molecule has 2 atom stereocenters. The maximum atomic E-state index is 12.2. The van der Waals surface area contributed by atoms with Crippen LogP contribution in [0.4, 0.5) is 0 Å². The van der Waals surface area contributed by atoms with E-state index in [0.29, 0.717) is 18.0 Å². The predicted molar refractivity (Wildman–Crippen MR) is 70.6 cm³/mol. The quantitative estimate of drug-likeness (QED) is 0.851. The number of piperidine rings is 1.